The fraction of sp³-hybridized carbons (Fsp3) is 0.375. The molecule has 0 aliphatic carbocycles. The van der Waals surface area contributed by atoms with E-state index < -0.39 is 0 Å². The van der Waals surface area contributed by atoms with Crippen LogP contribution in [-0.2, 0) is 4.79 Å². The quantitative estimate of drug-likeness (QED) is 0.792. The highest BCUT2D eigenvalue weighted by molar-refractivity contribution is 5.86. The number of nitrogens with zero attached hydrogens (tertiary/aromatic N) is 3. The van der Waals surface area contributed by atoms with E-state index in [9.17, 15) is 9.59 Å². The highest BCUT2D eigenvalue weighted by Gasteiger charge is 2.23. The highest BCUT2D eigenvalue weighted by atomic mass is 16.2. The molecule has 1 aromatic carbocycles. The molecule has 3 rings (SSSR count). The second-order valence-corrected chi connectivity index (χ2v) is 5.44. The zero-order valence-corrected chi connectivity index (χ0v) is 12.0. The molecule has 0 atom stereocenters. The molecule has 2 heterocycles. The summed E-state index contributed by atoms with van der Waals surface area (Å²) in [6.45, 7) is 3.15. The van der Waals surface area contributed by atoms with Crippen LogP contribution in [0.25, 0.3) is 10.9 Å². The molecule has 0 radical (unpaired) electrons. The van der Waals surface area contributed by atoms with Gasteiger partial charge in [-0.2, -0.15) is 0 Å². The van der Waals surface area contributed by atoms with Crippen molar-refractivity contribution >= 4 is 23.1 Å². The Morgan fingerprint density at radius 1 is 1.33 bits per heavy atom. The molecule has 0 bridgehead atoms. The second-order valence-electron chi connectivity index (χ2n) is 5.44. The average Bonchev–Trinajstić information content (AvgIpc) is 2.54. The van der Waals surface area contributed by atoms with Crippen molar-refractivity contribution < 1.29 is 9.59 Å². The summed E-state index contributed by atoms with van der Waals surface area (Å²) in [5.41, 5.74) is 1.49. The number of fused-ring (bicyclic) bond motifs is 1. The number of aromatic nitrogens is 2. The minimum absolute atomic E-state index is 0.134. The summed E-state index contributed by atoms with van der Waals surface area (Å²) >= 11 is 0. The molecule has 1 amide bonds. The molecule has 0 N–H and O–H groups in total. The predicted molar refractivity (Wildman–Crippen MR) is 79.2 cm³/mol. The fourth-order valence-corrected chi connectivity index (χ4v) is 2.79. The molecule has 2 aromatic rings. The number of carbonyl (C=O) groups is 2. The first kappa shape index (κ1) is 13.7. The van der Waals surface area contributed by atoms with Gasteiger partial charge in [0.2, 0.25) is 5.91 Å². The van der Waals surface area contributed by atoms with Crippen molar-refractivity contribution in [1.29, 1.82) is 0 Å². The van der Waals surface area contributed by atoms with Crippen molar-refractivity contribution in [3.05, 3.63) is 35.8 Å². The maximum atomic E-state index is 11.3. The van der Waals surface area contributed by atoms with Crippen molar-refractivity contribution in [2.24, 2.45) is 0 Å². The summed E-state index contributed by atoms with van der Waals surface area (Å²) in [5, 5.41) is 0.879. The normalized spacial score (nSPS) is 16.1. The van der Waals surface area contributed by atoms with Crippen LogP contribution in [0.5, 0.6) is 0 Å². The monoisotopic (exact) mass is 283 g/mol. The molecule has 21 heavy (non-hydrogen) atoms. The SMILES string of the molecule is CC(=O)N1CCC(c2ncc3cc(C=O)ccc3n2)CC1. The van der Waals surface area contributed by atoms with Crippen molar-refractivity contribution in [2.45, 2.75) is 25.7 Å². The summed E-state index contributed by atoms with van der Waals surface area (Å²) in [4.78, 5) is 33.0. The molecule has 0 saturated carbocycles. The zero-order chi connectivity index (χ0) is 14.8. The van der Waals surface area contributed by atoms with Crippen LogP contribution in [0.3, 0.4) is 0 Å². The first-order chi connectivity index (χ1) is 10.2. The van der Waals surface area contributed by atoms with E-state index in [4.69, 9.17) is 0 Å². The lowest BCUT2D eigenvalue weighted by Gasteiger charge is -2.30. The third-order valence-corrected chi connectivity index (χ3v) is 4.06. The van der Waals surface area contributed by atoms with Gasteiger partial charge in [-0.05, 0) is 31.0 Å². The van der Waals surface area contributed by atoms with E-state index in [1.54, 1.807) is 25.3 Å². The maximum Gasteiger partial charge on any atom is 0.219 e. The third-order valence-electron chi connectivity index (χ3n) is 4.06. The average molecular weight is 283 g/mol. The van der Waals surface area contributed by atoms with Gasteiger partial charge in [0.25, 0.3) is 0 Å². The van der Waals surface area contributed by atoms with E-state index >= 15 is 0 Å². The van der Waals surface area contributed by atoms with Crippen LogP contribution < -0.4 is 0 Å². The summed E-state index contributed by atoms with van der Waals surface area (Å²) in [6, 6.07) is 5.42. The molecular formula is C16H17N3O2. The van der Waals surface area contributed by atoms with Gasteiger partial charge < -0.3 is 4.90 Å². The Bertz CT molecular complexity index is 691. The minimum atomic E-state index is 0.134. The van der Waals surface area contributed by atoms with Crippen LogP contribution in [0.4, 0.5) is 0 Å². The zero-order valence-electron chi connectivity index (χ0n) is 12.0. The molecule has 1 aliphatic heterocycles. The third kappa shape index (κ3) is 2.77. The number of hydrogen-bond acceptors (Lipinski definition) is 4. The lowest BCUT2D eigenvalue weighted by molar-refractivity contribution is -0.129. The smallest absolute Gasteiger partial charge is 0.219 e. The van der Waals surface area contributed by atoms with Gasteiger partial charge in [-0.3, -0.25) is 9.59 Å². The Hall–Kier alpha value is -2.30. The predicted octanol–water partition coefficient (Wildman–Crippen LogP) is 2.17. The number of benzene rings is 1. The first-order valence-corrected chi connectivity index (χ1v) is 7.15. The van der Waals surface area contributed by atoms with Crippen LogP contribution in [-0.4, -0.2) is 40.2 Å². The van der Waals surface area contributed by atoms with Crippen molar-refractivity contribution in [2.75, 3.05) is 13.1 Å². The Balaban J connectivity index is 1.82. The fourth-order valence-electron chi connectivity index (χ4n) is 2.79. The van der Waals surface area contributed by atoms with E-state index in [0.29, 0.717) is 11.5 Å². The molecule has 1 aromatic heterocycles. The Labute approximate surface area is 123 Å². The number of carbonyl (C=O) groups excluding carboxylic acids is 2. The standard InChI is InChI=1S/C16H17N3O2/c1-11(21)19-6-4-13(5-7-19)16-17-9-14-8-12(10-20)2-3-15(14)18-16/h2-3,8-10,13H,4-7H2,1H3. The van der Waals surface area contributed by atoms with Gasteiger partial charge in [0.1, 0.15) is 12.1 Å². The van der Waals surface area contributed by atoms with Crippen molar-refractivity contribution in [3.63, 3.8) is 0 Å². The van der Waals surface area contributed by atoms with E-state index in [2.05, 4.69) is 9.97 Å². The van der Waals surface area contributed by atoms with E-state index in [1.165, 1.54) is 0 Å². The summed E-state index contributed by atoms with van der Waals surface area (Å²) in [6.07, 6.45) is 4.40. The molecule has 0 spiro atoms. The Morgan fingerprint density at radius 3 is 2.76 bits per heavy atom. The molecule has 5 heteroatoms. The number of rotatable bonds is 2. The Morgan fingerprint density at radius 2 is 2.10 bits per heavy atom. The van der Waals surface area contributed by atoms with E-state index in [0.717, 1.165) is 48.9 Å². The van der Waals surface area contributed by atoms with Crippen LogP contribution in [0.2, 0.25) is 0 Å². The summed E-state index contributed by atoms with van der Waals surface area (Å²) in [5.74, 6) is 1.27. The lowest BCUT2D eigenvalue weighted by Crippen LogP contribution is -2.36. The number of hydrogen-bond donors (Lipinski definition) is 0. The molecule has 1 saturated heterocycles. The van der Waals surface area contributed by atoms with Crippen molar-refractivity contribution in [3.8, 4) is 0 Å². The molecule has 108 valence electrons. The topological polar surface area (TPSA) is 63.2 Å². The molecule has 5 nitrogen and oxygen atoms in total. The van der Waals surface area contributed by atoms with Gasteiger partial charge in [0, 0.05) is 43.1 Å². The van der Waals surface area contributed by atoms with Gasteiger partial charge in [0.05, 0.1) is 5.52 Å². The molecule has 1 aliphatic rings. The number of piperidine rings is 1. The van der Waals surface area contributed by atoms with Gasteiger partial charge >= 0.3 is 0 Å². The molecule has 1 fully saturated rings. The lowest BCUT2D eigenvalue weighted by atomic mass is 9.95. The van der Waals surface area contributed by atoms with Gasteiger partial charge in [-0.1, -0.05) is 0 Å². The first-order valence-electron chi connectivity index (χ1n) is 7.15. The highest BCUT2D eigenvalue weighted by Crippen LogP contribution is 2.26. The maximum absolute atomic E-state index is 11.3. The van der Waals surface area contributed by atoms with Gasteiger partial charge in [-0.15, -0.1) is 0 Å². The van der Waals surface area contributed by atoms with Gasteiger partial charge in [-0.25, -0.2) is 9.97 Å². The summed E-state index contributed by atoms with van der Waals surface area (Å²) in [7, 11) is 0. The largest absolute Gasteiger partial charge is 0.343 e. The van der Waals surface area contributed by atoms with Gasteiger partial charge in [0.15, 0.2) is 0 Å². The van der Waals surface area contributed by atoms with Crippen LogP contribution in [0.15, 0.2) is 24.4 Å². The Kier molecular flexibility index (Phi) is 3.64. The van der Waals surface area contributed by atoms with E-state index in [1.807, 2.05) is 11.0 Å². The number of likely N-dealkylation sites (tertiary alicyclic amines) is 1. The van der Waals surface area contributed by atoms with Crippen LogP contribution >= 0.6 is 0 Å². The molecular weight excluding hydrogens is 266 g/mol. The number of amides is 1. The van der Waals surface area contributed by atoms with Crippen molar-refractivity contribution in [1.82, 2.24) is 14.9 Å². The second kappa shape index (κ2) is 5.60. The summed E-state index contributed by atoms with van der Waals surface area (Å²) < 4.78 is 0. The minimum Gasteiger partial charge on any atom is -0.343 e. The van der Waals surface area contributed by atoms with Crippen LogP contribution in [0, 0.1) is 0 Å². The van der Waals surface area contributed by atoms with E-state index in [-0.39, 0.29) is 5.91 Å². The van der Waals surface area contributed by atoms with Crippen LogP contribution in [0.1, 0.15) is 41.9 Å². The number of aldehydes is 1. The molecule has 0 unspecified atom stereocenters.